The van der Waals surface area contributed by atoms with E-state index in [1.54, 1.807) is 25.2 Å². The van der Waals surface area contributed by atoms with Crippen molar-refractivity contribution in [2.24, 2.45) is 5.92 Å². The monoisotopic (exact) mass is 555 g/mol. The topological polar surface area (TPSA) is 99.7 Å². The van der Waals surface area contributed by atoms with Gasteiger partial charge in [-0.1, -0.05) is 18.2 Å². The van der Waals surface area contributed by atoms with Crippen LogP contribution in [-0.2, 0) is 17.6 Å². The van der Waals surface area contributed by atoms with E-state index in [9.17, 15) is 10.1 Å². The van der Waals surface area contributed by atoms with Crippen LogP contribution in [0.3, 0.4) is 0 Å². The molecule has 0 spiro atoms. The number of hydrogen-bond donors (Lipinski definition) is 1. The van der Waals surface area contributed by atoms with Crippen LogP contribution in [0.2, 0.25) is 0 Å². The minimum atomic E-state index is -0.474. The zero-order chi connectivity index (χ0) is 27.7. The lowest BCUT2D eigenvalue weighted by atomic mass is 9.79. The van der Waals surface area contributed by atoms with E-state index >= 15 is 4.39 Å². The van der Waals surface area contributed by atoms with Crippen molar-refractivity contribution in [1.82, 2.24) is 29.7 Å². The van der Waals surface area contributed by atoms with Crippen molar-refractivity contribution in [3.8, 4) is 17.3 Å². The average Bonchev–Trinajstić information content (AvgIpc) is 3.75. The molecule has 2 aliphatic carbocycles. The molecule has 4 aromatic rings. The molecule has 2 saturated heterocycles. The van der Waals surface area contributed by atoms with Crippen LogP contribution in [0.4, 0.5) is 4.39 Å². The number of imidazole rings is 1. The molecule has 8 nitrogen and oxygen atoms in total. The SMILES string of the molecule is CSc1nc2c(F)c(-c3cccc4c3C(C#N)CC4)ncc2c2c1nc(CCC(=O)N(C)C)n2C1C2CNC1C2. The smallest absolute Gasteiger partial charge is 0.222 e. The molecule has 8 rings (SSSR count). The first-order chi connectivity index (χ1) is 19.4. The normalized spacial score (nSPS) is 22.9. The molecule has 1 N–H and O–H groups in total. The first-order valence-electron chi connectivity index (χ1n) is 13.8. The summed E-state index contributed by atoms with van der Waals surface area (Å²) in [4.78, 5) is 28.6. The maximum Gasteiger partial charge on any atom is 0.222 e. The van der Waals surface area contributed by atoms with Gasteiger partial charge in [0.15, 0.2) is 5.82 Å². The van der Waals surface area contributed by atoms with Crippen LogP contribution < -0.4 is 5.32 Å². The number of thioether (sulfide) groups is 1. The Labute approximate surface area is 236 Å². The molecule has 2 aliphatic heterocycles. The lowest BCUT2D eigenvalue weighted by molar-refractivity contribution is -0.128. The molecule has 40 heavy (non-hydrogen) atoms. The zero-order valence-electron chi connectivity index (χ0n) is 22.7. The molecule has 1 aromatic carbocycles. The second kappa shape index (κ2) is 9.53. The Morgan fingerprint density at radius 3 is 2.85 bits per heavy atom. The van der Waals surface area contributed by atoms with Gasteiger partial charge in [0.25, 0.3) is 0 Å². The first kappa shape index (κ1) is 25.4. The molecular formula is C30H30FN7OS. The maximum absolute atomic E-state index is 16.5. The number of carbonyl (C=O) groups excluding carboxylic acids is 1. The van der Waals surface area contributed by atoms with E-state index in [0.717, 1.165) is 53.8 Å². The van der Waals surface area contributed by atoms with Gasteiger partial charge >= 0.3 is 0 Å². The van der Waals surface area contributed by atoms with Crippen LogP contribution in [0.1, 0.15) is 48.2 Å². The number of halogens is 1. The molecule has 4 atom stereocenters. The molecule has 1 saturated carbocycles. The van der Waals surface area contributed by atoms with Crippen LogP contribution in [0.25, 0.3) is 33.2 Å². The minimum absolute atomic E-state index is 0.0461. The van der Waals surface area contributed by atoms with Crippen molar-refractivity contribution in [3.63, 3.8) is 0 Å². The summed E-state index contributed by atoms with van der Waals surface area (Å²) in [5.41, 5.74) is 4.72. The largest absolute Gasteiger partial charge is 0.349 e. The summed E-state index contributed by atoms with van der Waals surface area (Å²) < 4.78 is 18.8. The Balaban J connectivity index is 1.45. The lowest BCUT2D eigenvalue weighted by Crippen LogP contribution is -2.39. The van der Waals surface area contributed by atoms with Gasteiger partial charge in [-0.15, -0.1) is 11.8 Å². The second-order valence-corrected chi connectivity index (χ2v) is 12.1. The summed E-state index contributed by atoms with van der Waals surface area (Å²) in [6.45, 7) is 0.944. The highest BCUT2D eigenvalue weighted by atomic mass is 32.2. The van der Waals surface area contributed by atoms with E-state index in [1.165, 1.54) is 11.8 Å². The lowest BCUT2D eigenvalue weighted by Gasteiger charge is -2.37. The van der Waals surface area contributed by atoms with Gasteiger partial charge in [0.05, 0.1) is 23.5 Å². The van der Waals surface area contributed by atoms with Crippen LogP contribution in [0.15, 0.2) is 29.4 Å². The minimum Gasteiger partial charge on any atom is -0.349 e. The van der Waals surface area contributed by atoms with Crippen molar-refractivity contribution >= 4 is 39.6 Å². The van der Waals surface area contributed by atoms with Gasteiger partial charge in [0.2, 0.25) is 5.91 Å². The van der Waals surface area contributed by atoms with Crippen LogP contribution in [-0.4, -0.2) is 63.3 Å². The highest BCUT2D eigenvalue weighted by Gasteiger charge is 2.49. The Morgan fingerprint density at radius 1 is 1.30 bits per heavy atom. The van der Waals surface area contributed by atoms with Crippen molar-refractivity contribution in [3.05, 3.63) is 47.2 Å². The molecule has 0 radical (unpaired) electrons. The number of aryl methyl sites for hydroxylation is 2. The molecule has 5 heterocycles. The Hall–Kier alpha value is -3.55. The average molecular weight is 556 g/mol. The zero-order valence-corrected chi connectivity index (χ0v) is 23.6. The van der Waals surface area contributed by atoms with Crippen LogP contribution >= 0.6 is 11.8 Å². The third-order valence-electron chi connectivity index (χ3n) is 8.95. The number of nitrogens with zero attached hydrogens (tertiary/aromatic N) is 6. The van der Waals surface area contributed by atoms with E-state index in [-0.39, 0.29) is 29.1 Å². The second-order valence-electron chi connectivity index (χ2n) is 11.3. The summed E-state index contributed by atoms with van der Waals surface area (Å²) in [7, 11) is 3.52. The molecule has 4 unspecified atom stereocenters. The molecule has 204 valence electrons. The quantitative estimate of drug-likeness (QED) is 0.347. The number of nitriles is 1. The molecule has 4 aliphatic rings. The fourth-order valence-electron chi connectivity index (χ4n) is 6.93. The number of pyridine rings is 2. The van der Waals surface area contributed by atoms with Gasteiger partial charge in [-0.25, -0.2) is 14.4 Å². The highest BCUT2D eigenvalue weighted by Crippen LogP contribution is 2.48. The fourth-order valence-corrected chi connectivity index (χ4v) is 7.45. The summed E-state index contributed by atoms with van der Waals surface area (Å²) >= 11 is 1.45. The molecule has 10 heteroatoms. The van der Waals surface area contributed by atoms with E-state index in [1.807, 2.05) is 24.5 Å². The molecule has 1 amide bonds. The number of fused-ring (bicyclic) bond motifs is 5. The van der Waals surface area contributed by atoms with Crippen LogP contribution in [0, 0.1) is 23.1 Å². The number of aromatic nitrogens is 4. The number of hydrogen-bond acceptors (Lipinski definition) is 7. The first-order valence-corrected chi connectivity index (χ1v) is 15.0. The number of carbonyl (C=O) groups is 1. The Kier molecular flexibility index (Phi) is 6.06. The van der Waals surface area contributed by atoms with E-state index in [4.69, 9.17) is 9.97 Å². The van der Waals surface area contributed by atoms with Crippen molar-refractivity contribution in [2.45, 2.75) is 55.1 Å². The van der Waals surface area contributed by atoms with Gasteiger partial charge in [-0.2, -0.15) is 5.26 Å². The fraction of sp³-hybridized carbons (Fsp3) is 0.433. The van der Waals surface area contributed by atoms with Crippen molar-refractivity contribution in [1.29, 1.82) is 5.26 Å². The third-order valence-corrected chi connectivity index (χ3v) is 9.63. The third kappa shape index (κ3) is 3.67. The molecule has 3 fully saturated rings. The maximum atomic E-state index is 16.5. The number of rotatable bonds is 6. The van der Waals surface area contributed by atoms with Gasteiger partial charge in [0.1, 0.15) is 27.6 Å². The molecular weight excluding hydrogens is 525 g/mol. The van der Waals surface area contributed by atoms with Gasteiger partial charge in [-0.05, 0) is 42.6 Å². The van der Waals surface area contributed by atoms with Crippen LogP contribution in [0.5, 0.6) is 0 Å². The van der Waals surface area contributed by atoms with Gasteiger partial charge in [-0.3, -0.25) is 9.78 Å². The summed E-state index contributed by atoms with van der Waals surface area (Å²) in [5.74, 6) is 0.609. The summed E-state index contributed by atoms with van der Waals surface area (Å²) in [6, 6.07) is 8.72. The number of nitrogens with one attached hydrogen (secondary N) is 1. The summed E-state index contributed by atoms with van der Waals surface area (Å²) in [5, 5.41) is 14.6. The molecule has 3 aromatic heterocycles. The molecule has 2 bridgehead atoms. The summed E-state index contributed by atoms with van der Waals surface area (Å²) in [6.07, 6.45) is 7.15. The van der Waals surface area contributed by atoms with E-state index < -0.39 is 5.82 Å². The number of benzene rings is 1. The van der Waals surface area contributed by atoms with E-state index in [2.05, 4.69) is 20.9 Å². The van der Waals surface area contributed by atoms with E-state index in [0.29, 0.717) is 40.8 Å². The predicted octanol–water partition coefficient (Wildman–Crippen LogP) is 4.61. The Morgan fingerprint density at radius 2 is 2.15 bits per heavy atom. The predicted molar refractivity (Wildman–Crippen MR) is 153 cm³/mol. The van der Waals surface area contributed by atoms with Crippen molar-refractivity contribution in [2.75, 3.05) is 26.9 Å². The highest BCUT2D eigenvalue weighted by molar-refractivity contribution is 7.98. The standard InChI is InChI=1S/C30H30FN7OS/c1-37(2)22(39)10-9-21-35-27-29(38(21)28-17-11-20(28)33-13-17)19-14-34-25(24(31)26(19)36-30(27)40-3)18-6-4-5-15-7-8-16(12-32)23(15)18/h4-6,14,16-17,20,28,33H,7-11,13H2,1-3H3. The van der Waals surface area contributed by atoms with Gasteiger partial charge < -0.3 is 14.8 Å². The number of amides is 1. The van der Waals surface area contributed by atoms with Crippen molar-refractivity contribution < 1.29 is 9.18 Å². The Bertz CT molecular complexity index is 1730. The van der Waals surface area contributed by atoms with Gasteiger partial charge in [0, 0.05) is 56.7 Å².